The highest BCUT2D eigenvalue weighted by atomic mass is 15.3. The van der Waals surface area contributed by atoms with E-state index in [9.17, 15) is 0 Å². The average Bonchev–Trinajstić information content (AvgIpc) is 3.05. The number of benzene rings is 1. The van der Waals surface area contributed by atoms with Crippen LogP contribution in [0, 0.1) is 0 Å². The summed E-state index contributed by atoms with van der Waals surface area (Å²) < 4.78 is 0. The number of hydrogen-bond acceptors (Lipinski definition) is 3. The van der Waals surface area contributed by atoms with Gasteiger partial charge in [0.15, 0.2) is 0 Å². The van der Waals surface area contributed by atoms with Crippen molar-refractivity contribution >= 4 is 0 Å². The first-order valence-electron chi connectivity index (χ1n) is 9.49. The van der Waals surface area contributed by atoms with Gasteiger partial charge in [-0.3, -0.25) is 9.80 Å². The summed E-state index contributed by atoms with van der Waals surface area (Å²) in [6.07, 6.45) is 3.99. The second kappa shape index (κ2) is 8.27. The van der Waals surface area contributed by atoms with Gasteiger partial charge >= 0.3 is 0 Å². The quantitative estimate of drug-likeness (QED) is 0.798. The minimum Gasteiger partial charge on any atom is -0.301 e. The molecule has 0 saturated carbocycles. The van der Waals surface area contributed by atoms with Crippen LogP contribution in [-0.2, 0) is 0 Å². The summed E-state index contributed by atoms with van der Waals surface area (Å²) in [7, 11) is 0. The van der Waals surface area contributed by atoms with E-state index in [0.29, 0.717) is 12.1 Å². The lowest BCUT2D eigenvalue weighted by atomic mass is 10.0. The molecule has 0 N–H and O–H groups in total. The topological polar surface area (TPSA) is 9.72 Å². The SMILES string of the molecule is CC(C)N1CCN(CCCN2CCC[C@H]2c2ccccc2)CC1. The number of piperazine rings is 1. The van der Waals surface area contributed by atoms with Crippen LogP contribution in [0.2, 0.25) is 0 Å². The van der Waals surface area contributed by atoms with Gasteiger partial charge in [0.25, 0.3) is 0 Å². The van der Waals surface area contributed by atoms with Crippen LogP contribution < -0.4 is 0 Å². The van der Waals surface area contributed by atoms with E-state index in [1.165, 1.54) is 70.6 Å². The smallest absolute Gasteiger partial charge is 0.0348 e. The van der Waals surface area contributed by atoms with Crippen molar-refractivity contribution < 1.29 is 0 Å². The van der Waals surface area contributed by atoms with Gasteiger partial charge in [-0.05, 0) is 58.3 Å². The maximum atomic E-state index is 2.71. The molecule has 3 nitrogen and oxygen atoms in total. The van der Waals surface area contributed by atoms with Crippen molar-refractivity contribution in [3.05, 3.63) is 35.9 Å². The third-order valence-electron chi connectivity index (χ3n) is 5.60. The second-order valence-corrected chi connectivity index (χ2v) is 7.43. The third kappa shape index (κ3) is 4.56. The van der Waals surface area contributed by atoms with Gasteiger partial charge in [0, 0.05) is 38.3 Å². The normalized spacial score (nSPS) is 24.6. The molecule has 2 saturated heterocycles. The molecule has 0 amide bonds. The van der Waals surface area contributed by atoms with Crippen molar-refractivity contribution in [1.82, 2.24) is 14.7 Å². The summed E-state index contributed by atoms with van der Waals surface area (Å²) in [6.45, 7) is 13.4. The Hall–Kier alpha value is -0.900. The van der Waals surface area contributed by atoms with Crippen LogP contribution in [-0.4, -0.2) is 66.6 Å². The van der Waals surface area contributed by atoms with Crippen molar-refractivity contribution in [2.24, 2.45) is 0 Å². The van der Waals surface area contributed by atoms with E-state index in [2.05, 4.69) is 58.9 Å². The van der Waals surface area contributed by atoms with E-state index in [4.69, 9.17) is 0 Å². The molecule has 0 unspecified atom stereocenters. The summed E-state index contributed by atoms with van der Waals surface area (Å²) in [5.74, 6) is 0. The monoisotopic (exact) mass is 315 g/mol. The maximum Gasteiger partial charge on any atom is 0.0348 e. The van der Waals surface area contributed by atoms with Crippen LogP contribution in [0.1, 0.15) is 44.7 Å². The summed E-state index contributed by atoms with van der Waals surface area (Å²) in [5.41, 5.74) is 1.51. The Bertz CT molecular complexity index is 451. The van der Waals surface area contributed by atoms with E-state index >= 15 is 0 Å². The average molecular weight is 316 g/mol. The Morgan fingerprint density at radius 1 is 0.957 bits per heavy atom. The lowest BCUT2D eigenvalue weighted by Gasteiger charge is -2.37. The molecular formula is C20H33N3. The molecule has 2 heterocycles. The van der Waals surface area contributed by atoms with Crippen molar-refractivity contribution in [3.63, 3.8) is 0 Å². The molecule has 2 aliphatic heterocycles. The molecule has 2 aliphatic rings. The van der Waals surface area contributed by atoms with Gasteiger partial charge in [-0.15, -0.1) is 0 Å². The molecule has 0 aromatic heterocycles. The van der Waals surface area contributed by atoms with E-state index in [1.54, 1.807) is 0 Å². The highest BCUT2D eigenvalue weighted by Gasteiger charge is 2.25. The zero-order valence-corrected chi connectivity index (χ0v) is 15.0. The lowest BCUT2D eigenvalue weighted by Crippen LogP contribution is -2.49. The van der Waals surface area contributed by atoms with E-state index in [-0.39, 0.29) is 0 Å². The predicted molar refractivity (Wildman–Crippen MR) is 97.8 cm³/mol. The zero-order valence-electron chi connectivity index (χ0n) is 15.0. The van der Waals surface area contributed by atoms with E-state index in [1.807, 2.05) is 0 Å². The molecule has 0 spiro atoms. The summed E-state index contributed by atoms with van der Waals surface area (Å²) in [5, 5.41) is 0. The molecule has 3 heteroatoms. The molecule has 2 fully saturated rings. The number of nitrogens with zero attached hydrogens (tertiary/aromatic N) is 3. The zero-order chi connectivity index (χ0) is 16.1. The first kappa shape index (κ1) is 16.9. The summed E-state index contributed by atoms with van der Waals surface area (Å²) in [4.78, 5) is 7.97. The first-order valence-corrected chi connectivity index (χ1v) is 9.49. The van der Waals surface area contributed by atoms with Crippen LogP contribution in [0.3, 0.4) is 0 Å². The largest absolute Gasteiger partial charge is 0.301 e. The molecule has 0 aliphatic carbocycles. The maximum absolute atomic E-state index is 2.71. The molecule has 0 bridgehead atoms. The third-order valence-corrected chi connectivity index (χ3v) is 5.60. The van der Waals surface area contributed by atoms with Gasteiger partial charge in [0.05, 0.1) is 0 Å². The lowest BCUT2D eigenvalue weighted by molar-refractivity contribution is 0.104. The van der Waals surface area contributed by atoms with Gasteiger partial charge in [0.2, 0.25) is 0 Å². The molecule has 128 valence electrons. The minimum atomic E-state index is 0.661. The van der Waals surface area contributed by atoms with Gasteiger partial charge in [-0.25, -0.2) is 0 Å². The van der Waals surface area contributed by atoms with Crippen LogP contribution >= 0.6 is 0 Å². The Balaban J connectivity index is 1.40. The number of rotatable bonds is 6. The second-order valence-electron chi connectivity index (χ2n) is 7.43. The Labute approximate surface area is 142 Å². The molecule has 1 aromatic rings. The summed E-state index contributed by atoms with van der Waals surface area (Å²) >= 11 is 0. The van der Waals surface area contributed by atoms with E-state index < -0.39 is 0 Å². The van der Waals surface area contributed by atoms with Crippen molar-refractivity contribution in [2.75, 3.05) is 45.8 Å². The van der Waals surface area contributed by atoms with E-state index in [0.717, 1.165) is 0 Å². The first-order chi connectivity index (χ1) is 11.2. The van der Waals surface area contributed by atoms with Crippen LogP contribution in [0.25, 0.3) is 0 Å². The van der Waals surface area contributed by atoms with Crippen LogP contribution in [0.5, 0.6) is 0 Å². The molecular weight excluding hydrogens is 282 g/mol. The molecule has 23 heavy (non-hydrogen) atoms. The van der Waals surface area contributed by atoms with Gasteiger partial charge in [-0.2, -0.15) is 0 Å². The molecule has 3 rings (SSSR count). The van der Waals surface area contributed by atoms with Crippen LogP contribution in [0.4, 0.5) is 0 Å². The fourth-order valence-electron chi connectivity index (χ4n) is 4.15. The van der Waals surface area contributed by atoms with Gasteiger partial charge in [-0.1, -0.05) is 30.3 Å². The van der Waals surface area contributed by atoms with Crippen LogP contribution in [0.15, 0.2) is 30.3 Å². The number of hydrogen-bond donors (Lipinski definition) is 0. The van der Waals surface area contributed by atoms with Gasteiger partial charge < -0.3 is 4.90 Å². The fraction of sp³-hybridized carbons (Fsp3) is 0.700. The Kier molecular flexibility index (Phi) is 6.09. The van der Waals surface area contributed by atoms with Crippen molar-refractivity contribution in [2.45, 2.75) is 45.2 Å². The molecule has 1 atom stereocenters. The predicted octanol–water partition coefficient (Wildman–Crippen LogP) is 3.24. The van der Waals surface area contributed by atoms with Gasteiger partial charge in [0.1, 0.15) is 0 Å². The highest BCUT2D eigenvalue weighted by Crippen LogP contribution is 2.31. The highest BCUT2D eigenvalue weighted by molar-refractivity contribution is 5.19. The molecule has 1 aromatic carbocycles. The van der Waals surface area contributed by atoms with Crippen molar-refractivity contribution in [1.29, 1.82) is 0 Å². The Morgan fingerprint density at radius 2 is 1.70 bits per heavy atom. The number of likely N-dealkylation sites (tertiary alicyclic amines) is 1. The standard InChI is InChI=1S/C20H33N3/c1-18(2)22-16-14-21(15-17-22)11-7-13-23-12-6-10-20(23)19-8-4-3-5-9-19/h3-5,8-9,18,20H,6-7,10-17H2,1-2H3/t20-/m0/s1. The van der Waals surface area contributed by atoms with Crippen molar-refractivity contribution in [3.8, 4) is 0 Å². The fourth-order valence-corrected chi connectivity index (χ4v) is 4.15. The molecule has 0 radical (unpaired) electrons. The summed E-state index contributed by atoms with van der Waals surface area (Å²) in [6, 6.07) is 12.4. The Morgan fingerprint density at radius 3 is 2.39 bits per heavy atom. The minimum absolute atomic E-state index is 0.661.